The first-order chi connectivity index (χ1) is 9.13. The van der Waals surface area contributed by atoms with Crippen LogP contribution in [-0.4, -0.2) is 18.2 Å². The van der Waals surface area contributed by atoms with Crippen LogP contribution in [0, 0.1) is 13.8 Å². The number of para-hydroxylation sites is 1. The van der Waals surface area contributed by atoms with E-state index >= 15 is 0 Å². The Kier molecular flexibility index (Phi) is 3.97. The van der Waals surface area contributed by atoms with E-state index in [0.29, 0.717) is 23.6 Å². The van der Waals surface area contributed by atoms with Crippen molar-refractivity contribution in [3.8, 4) is 0 Å². The number of nitrogens with zero attached hydrogens (tertiary/aromatic N) is 1. The van der Waals surface area contributed by atoms with Crippen molar-refractivity contribution in [3.05, 3.63) is 46.8 Å². The summed E-state index contributed by atoms with van der Waals surface area (Å²) < 4.78 is 10.1. The number of amides is 1. The van der Waals surface area contributed by atoms with E-state index in [1.807, 2.05) is 24.3 Å². The van der Waals surface area contributed by atoms with Gasteiger partial charge in [0.05, 0.1) is 12.3 Å². The molecule has 0 saturated heterocycles. The third kappa shape index (κ3) is 2.82. The lowest BCUT2D eigenvalue weighted by atomic mass is 10.1. The Morgan fingerprint density at radius 2 is 2.11 bits per heavy atom. The van der Waals surface area contributed by atoms with Crippen molar-refractivity contribution in [3.63, 3.8) is 0 Å². The van der Waals surface area contributed by atoms with Gasteiger partial charge in [0.1, 0.15) is 11.3 Å². The predicted molar refractivity (Wildman–Crippen MR) is 71.1 cm³/mol. The highest BCUT2D eigenvalue weighted by atomic mass is 16.5. The Labute approximate surface area is 111 Å². The van der Waals surface area contributed by atoms with E-state index in [9.17, 15) is 4.79 Å². The molecule has 1 aromatic carbocycles. The van der Waals surface area contributed by atoms with Crippen LogP contribution in [0.1, 0.15) is 27.4 Å². The summed E-state index contributed by atoms with van der Waals surface area (Å²) in [5, 5.41) is 6.64. The summed E-state index contributed by atoms with van der Waals surface area (Å²) in [6.07, 6.45) is 0. The van der Waals surface area contributed by atoms with Crippen LogP contribution in [0.2, 0.25) is 0 Å². The number of aromatic nitrogens is 1. The minimum Gasteiger partial charge on any atom is -0.380 e. The van der Waals surface area contributed by atoms with Gasteiger partial charge in [-0.2, -0.15) is 0 Å². The summed E-state index contributed by atoms with van der Waals surface area (Å²) >= 11 is 0. The molecule has 100 valence electrons. The highest BCUT2D eigenvalue weighted by Gasteiger charge is 2.18. The van der Waals surface area contributed by atoms with Crippen LogP contribution in [0.15, 0.2) is 28.8 Å². The molecule has 2 aromatic rings. The van der Waals surface area contributed by atoms with Crippen molar-refractivity contribution in [1.29, 1.82) is 0 Å². The molecule has 0 radical (unpaired) electrons. The summed E-state index contributed by atoms with van der Waals surface area (Å²) in [6.45, 7) is 3.90. The maximum absolute atomic E-state index is 12.2. The lowest BCUT2D eigenvalue weighted by Crippen LogP contribution is -2.15. The lowest BCUT2D eigenvalue weighted by Gasteiger charge is -2.10. The zero-order chi connectivity index (χ0) is 13.8. The second-order valence-electron chi connectivity index (χ2n) is 4.24. The van der Waals surface area contributed by atoms with Crippen LogP contribution in [0.4, 0.5) is 5.69 Å². The monoisotopic (exact) mass is 260 g/mol. The molecule has 5 nitrogen and oxygen atoms in total. The van der Waals surface area contributed by atoms with Gasteiger partial charge in [0.25, 0.3) is 5.91 Å². The number of rotatable bonds is 4. The average Bonchev–Trinajstić information content (AvgIpc) is 2.72. The van der Waals surface area contributed by atoms with Crippen molar-refractivity contribution >= 4 is 11.6 Å². The van der Waals surface area contributed by atoms with E-state index in [2.05, 4.69) is 10.5 Å². The molecule has 19 heavy (non-hydrogen) atoms. The predicted octanol–water partition coefficient (Wildman–Crippen LogP) is 2.69. The molecule has 1 amide bonds. The van der Waals surface area contributed by atoms with Gasteiger partial charge in [0.15, 0.2) is 0 Å². The fraction of sp³-hybridized carbons (Fsp3) is 0.286. The van der Waals surface area contributed by atoms with Crippen molar-refractivity contribution in [1.82, 2.24) is 5.16 Å². The van der Waals surface area contributed by atoms with Crippen molar-refractivity contribution < 1.29 is 14.1 Å². The standard InChI is InChI=1S/C14H16N2O3/c1-9-13(10(2)19-16-9)14(17)15-12-7-5-4-6-11(12)8-18-3/h4-7H,8H2,1-3H3,(H,15,17). The van der Waals surface area contributed by atoms with E-state index in [1.54, 1.807) is 21.0 Å². The van der Waals surface area contributed by atoms with Gasteiger partial charge in [-0.25, -0.2) is 0 Å². The molecule has 1 aromatic heterocycles. The molecule has 0 saturated carbocycles. The fourth-order valence-electron chi connectivity index (χ4n) is 1.92. The molecule has 0 spiro atoms. The number of methoxy groups -OCH3 is 1. The minimum atomic E-state index is -0.222. The Balaban J connectivity index is 2.24. The molecule has 2 rings (SSSR count). The quantitative estimate of drug-likeness (QED) is 0.918. The first-order valence-corrected chi connectivity index (χ1v) is 5.94. The average molecular weight is 260 g/mol. The Morgan fingerprint density at radius 3 is 2.74 bits per heavy atom. The van der Waals surface area contributed by atoms with E-state index < -0.39 is 0 Å². The molecule has 0 atom stereocenters. The fourth-order valence-corrected chi connectivity index (χ4v) is 1.92. The van der Waals surface area contributed by atoms with E-state index in [4.69, 9.17) is 9.26 Å². The van der Waals surface area contributed by atoms with Crippen molar-refractivity contribution in [2.75, 3.05) is 12.4 Å². The molecular weight excluding hydrogens is 244 g/mol. The number of carbonyl (C=O) groups is 1. The Bertz CT molecular complexity index is 571. The van der Waals surface area contributed by atoms with Crippen LogP contribution in [0.3, 0.4) is 0 Å². The normalized spacial score (nSPS) is 10.5. The zero-order valence-corrected chi connectivity index (χ0v) is 11.2. The maximum atomic E-state index is 12.2. The summed E-state index contributed by atoms with van der Waals surface area (Å²) in [4.78, 5) is 12.2. The van der Waals surface area contributed by atoms with Gasteiger partial charge < -0.3 is 14.6 Å². The topological polar surface area (TPSA) is 64.4 Å². The molecule has 0 aliphatic carbocycles. The van der Waals surface area contributed by atoms with Gasteiger partial charge in [-0.3, -0.25) is 4.79 Å². The lowest BCUT2D eigenvalue weighted by molar-refractivity contribution is 0.102. The first-order valence-electron chi connectivity index (χ1n) is 5.94. The first kappa shape index (κ1) is 13.3. The smallest absolute Gasteiger partial charge is 0.261 e. The van der Waals surface area contributed by atoms with Gasteiger partial charge in [-0.05, 0) is 19.9 Å². The van der Waals surface area contributed by atoms with Gasteiger partial charge in [-0.1, -0.05) is 23.4 Å². The highest BCUT2D eigenvalue weighted by molar-refractivity contribution is 6.05. The van der Waals surface area contributed by atoms with E-state index in [0.717, 1.165) is 11.3 Å². The van der Waals surface area contributed by atoms with E-state index in [1.165, 1.54) is 0 Å². The van der Waals surface area contributed by atoms with Gasteiger partial charge in [0, 0.05) is 18.4 Å². The number of benzene rings is 1. The van der Waals surface area contributed by atoms with Crippen molar-refractivity contribution in [2.45, 2.75) is 20.5 Å². The summed E-state index contributed by atoms with van der Waals surface area (Å²) in [7, 11) is 1.62. The van der Waals surface area contributed by atoms with Crippen LogP contribution < -0.4 is 5.32 Å². The number of aryl methyl sites for hydroxylation is 2. The van der Waals surface area contributed by atoms with Gasteiger partial charge in [-0.15, -0.1) is 0 Å². The van der Waals surface area contributed by atoms with Crippen molar-refractivity contribution in [2.24, 2.45) is 0 Å². The second-order valence-corrected chi connectivity index (χ2v) is 4.24. The van der Waals surface area contributed by atoms with Crippen LogP contribution in [0.5, 0.6) is 0 Å². The Hall–Kier alpha value is -2.14. The third-order valence-electron chi connectivity index (χ3n) is 2.83. The van der Waals surface area contributed by atoms with Crippen LogP contribution >= 0.6 is 0 Å². The Morgan fingerprint density at radius 1 is 1.37 bits per heavy atom. The van der Waals surface area contributed by atoms with Crippen LogP contribution in [-0.2, 0) is 11.3 Å². The zero-order valence-electron chi connectivity index (χ0n) is 11.2. The second kappa shape index (κ2) is 5.67. The largest absolute Gasteiger partial charge is 0.380 e. The van der Waals surface area contributed by atoms with Crippen LogP contribution in [0.25, 0.3) is 0 Å². The van der Waals surface area contributed by atoms with Gasteiger partial charge in [0.2, 0.25) is 0 Å². The highest BCUT2D eigenvalue weighted by Crippen LogP contribution is 2.19. The summed E-state index contributed by atoms with van der Waals surface area (Å²) in [6, 6.07) is 7.51. The summed E-state index contributed by atoms with van der Waals surface area (Å²) in [5.41, 5.74) is 2.71. The number of anilines is 1. The number of ether oxygens (including phenoxy) is 1. The molecule has 0 aliphatic heterocycles. The summed E-state index contributed by atoms with van der Waals surface area (Å²) in [5.74, 6) is 0.291. The van der Waals surface area contributed by atoms with E-state index in [-0.39, 0.29) is 5.91 Å². The molecule has 5 heteroatoms. The molecule has 0 fully saturated rings. The minimum absolute atomic E-state index is 0.222. The molecule has 0 unspecified atom stereocenters. The van der Waals surface area contributed by atoms with Gasteiger partial charge >= 0.3 is 0 Å². The SMILES string of the molecule is COCc1ccccc1NC(=O)c1c(C)noc1C. The third-order valence-corrected chi connectivity index (χ3v) is 2.83. The number of nitrogens with one attached hydrogen (secondary N) is 1. The molecule has 1 N–H and O–H groups in total. The molecule has 0 bridgehead atoms. The molecule has 0 aliphatic rings. The number of carbonyl (C=O) groups excluding carboxylic acids is 1. The molecule has 1 heterocycles. The maximum Gasteiger partial charge on any atom is 0.261 e. The molecular formula is C14H16N2O3. The number of hydrogen-bond donors (Lipinski definition) is 1. The number of hydrogen-bond acceptors (Lipinski definition) is 4.